The largest absolute Gasteiger partial charge is 0.465 e. The lowest BCUT2D eigenvalue weighted by molar-refractivity contribution is 0.0568. The van der Waals surface area contributed by atoms with Crippen molar-refractivity contribution in [3.63, 3.8) is 0 Å². The number of esters is 2. The molecule has 0 fully saturated rings. The van der Waals surface area contributed by atoms with Gasteiger partial charge in [-0.2, -0.15) is 0 Å². The second-order valence-electron chi connectivity index (χ2n) is 4.07. The van der Waals surface area contributed by atoms with Crippen molar-refractivity contribution in [1.82, 2.24) is 0 Å². The van der Waals surface area contributed by atoms with E-state index in [4.69, 9.17) is 13.9 Å². The van der Waals surface area contributed by atoms with Gasteiger partial charge in [0.2, 0.25) is 5.76 Å². The molecule has 3 heterocycles. The van der Waals surface area contributed by atoms with E-state index in [1.54, 1.807) is 6.07 Å². The van der Waals surface area contributed by atoms with Gasteiger partial charge in [-0.25, -0.2) is 9.59 Å². The summed E-state index contributed by atoms with van der Waals surface area (Å²) in [5.74, 6) is -0.817. The monoisotopic (exact) mass is 322 g/mol. The van der Waals surface area contributed by atoms with E-state index in [0.717, 1.165) is 9.58 Å². The predicted octanol–water partition coefficient (Wildman–Crippen LogP) is 3.80. The highest BCUT2D eigenvalue weighted by Gasteiger charge is 2.26. The number of rotatable bonds is 3. The van der Waals surface area contributed by atoms with Crippen molar-refractivity contribution in [2.45, 2.75) is 0 Å². The second-order valence-corrected chi connectivity index (χ2v) is 6.07. The van der Waals surface area contributed by atoms with Crippen LogP contribution in [-0.4, -0.2) is 26.2 Å². The number of hydrogen-bond donors (Lipinski definition) is 0. The molecule has 0 saturated heterocycles. The molecule has 0 radical (unpaired) electrons. The number of thiophene rings is 2. The second kappa shape index (κ2) is 5.34. The molecule has 7 heteroatoms. The summed E-state index contributed by atoms with van der Waals surface area (Å²) >= 11 is 2.72. The van der Waals surface area contributed by atoms with Crippen LogP contribution < -0.4 is 0 Å². The Kier molecular flexibility index (Phi) is 3.52. The summed E-state index contributed by atoms with van der Waals surface area (Å²) in [4.78, 5) is 24.8. The van der Waals surface area contributed by atoms with Crippen LogP contribution in [-0.2, 0) is 9.47 Å². The Morgan fingerprint density at radius 2 is 1.95 bits per heavy atom. The van der Waals surface area contributed by atoms with Crippen molar-refractivity contribution in [3.8, 4) is 10.4 Å². The number of hydrogen-bond acceptors (Lipinski definition) is 7. The third-order valence-electron chi connectivity index (χ3n) is 2.89. The molecule has 0 atom stereocenters. The summed E-state index contributed by atoms with van der Waals surface area (Å²) in [5, 5.41) is 1.91. The van der Waals surface area contributed by atoms with E-state index >= 15 is 0 Å². The molecule has 0 N–H and O–H groups in total. The van der Waals surface area contributed by atoms with Crippen LogP contribution in [0, 0.1) is 0 Å². The van der Waals surface area contributed by atoms with Crippen molar-refractivity contribution in [1.29, 1.82) is 0 Å². The van der Waals surface area contributed by atoms with Gasteiger partial charge >= 0.3 is 11.9 Å². The van der Waals surface area contributed by atoms with Crippen molar-refractivity contribution >= 4 is 44.9 Å². The topological polar surface area (TPSA) is 65.7 Å². The van der Waals surface area contributed by atoms with E-state index in [9.17, 15) is 9.59 Å². The SMILES string of the molecule is COC(=O)c1cc2oc(C(=O)OC)c(-c3cccs3)c2s1. The Bertz CT molecular complexity index is 810. The Balaban J connectivity index is 2.25. The first-order chi connectivity index (χ1) is 10.2. The molecular weight excluding hydrogens is 312 g/mol. The third kappa shape index (κ3) is 2.24. The van der Waals surface area contributed by atoms with Crippen LogP contribution in [0.15, 0.2) is 28.0 Å². The molecule has 0 saturated carbocycles. The quantitative estimate of drug-likeness (QED) is 0.686. The number of fused-ring (bicyclic) bond motifs is 1. The smallest absolute Gasteiger partial charge is 0.374 e. The van der Waals surface area contributed by atoms with Gasteiger partial charge in [0, 0.05) is 10.9 Å². The molecule has 0 amide bonds. The fraction of sp³-hybridized carbons (Fsp3) is 0.143. The Morgan fingerprint density at radius 1 is 1.19 bits per heavy atom. The zero-order valence-corrected chi connectivity index (χ0v) is 12.8. The maximum atomic E-state index is 11.9. The molecule has 21 heavy (non-hydrogen) atoms. The van der Waals surface area contributed by atoms with Gasteiger partial charge in [0.25, 0.3) is 0 Å². The van der Waals surface area contributed by atoms with Crippen LogP contribution in [0.25, 0.3) is 20.7 Å². The van der Waals surface area contributed by atoms with Gasteiger partial charge in [0.1, 0.15) is 10.5 Å². The molecule has 0 bridgehead atoms. The first-order valence-electron chi connectivity index (χ1n) is 5.92. The fourth-order valence-electron chi connectivity index (χ4n) is 1.97. The minimum atomic E-state index is -0.540. The summed E-state index contributed by atoms with van der Waals surface area (Å²) in [5.41, 5.74) is 1.14. The van der Waals surface area contributed by atoms with Crippen LogP contribution in [0.1, 0.15) is 20.2 Å². The highest BCUT2D eigenvalue weighted by atomic mass is 32.1. The van der Waals surface area contributed by atoms with Gasteiger partial charge in [0.15, 0.2) is 0 Å². The van der Waals surface area contributed by atoms with Crippen LogP contribution in [0.4, 0.5) is 0 Å². The van der Waals surface area contributed by atoms with Gasteiger partial charge in [-0.3, -0.25) is 0 Å². The van der Waals surface area contributed by atoms with Crippen LogP contribution in [0.3, 0.4) is 0 Å². The van der Waals surface area contributed by atoms with Gasteiger partial charge in [-0.1, -0.05) is 6.07 Å². The molecule has 3 rings (SSSR count). The highest BCUT2D eigenvalue weighted by Crippen LogP contribution is 2.42. The molecule has 0 aliphatic carbocycles. The molecule has 0 aliphatic rings. The third-order valence-corrected chi connectivity index (χ3v) is 4.89. The number of methoxy groups -OCH3 is 2. The normalized spacial score (nSPS) is 10.8. The summed E-state index contributed by atoms with van der Waals surface area (Å²) in [6.45, 7) is 0. The molecule has 3 aromatic heterocycles. The molecule has 0 spiro atoms. The lowest BCUT2D eigenvalue weighted by Gasteiger charge is -1.99. The van der Waals surface area contributed by atoms with Gasteiger partial charge in [-0.05, 0) is 11.4 Å². The minimum Gasteiger partial charge on any atom is -0.465 e. The van der Waals surface area contributed by atoms with E-state index in [1.165, 1.54) is 36.9 Å². The highest BCUT2D eigenvalue weighted by molar-refractivity contribution is 7.22. The lowest BCUT2D eigenvalue weighted by atomic mass is 10.2. The fourth-order valence-corrected chi connectivity index (χ4v) is 3.87. The molecule has 108 valence electrons. The standard InChI is InChI=1S/C14H10O5S2/c1-17-13(15)9-6-7-12(21-9)10(8-4-3-5-20-8)11(19-7)14(16)18-2/h3-6H,1-2H3. The summed E-state index contributed by atoms with van der Waals surface area (Å²) in [7, 11) is 2.63. The molecule has 0 unspecified atom stereocenters. The van der Waals surface area contributed by atoms with Crippen LogP contribution in [0.5, 0.6) is 0 Å². The van der Waals surface area contributed by atoms with Gasteiger partial charge in [-0.15, -0.1) is 22.7 Å². The van der Waals surface area contributed by atoms with Crippen molar-refractivity contribution in [2.75, 3.05) is 14.2 Å². The zero-order valence-electron chi connectivity index (χ0n) is 11.2. The van der Waals surface area contributed by atoms with Crippen molar-refractivity contribution in [3.05, 3.63) is 34.2 Å². The molecule has 3 aromatic rings. The molecule has 5 nitrogen and oxygen atoms in total. The molecule has 0 aliphatic heterocycles. The summed E-state index contributed by atoms with van der Waals surface area (Å²) < 4.78 is 15.8. The average Bonchev–Trinajstić information content (AvgIpc) is 3.19. The average molecular weight is 322 g/mol. The van der Waals surface area contributed by atoms with E-state index in [2.05, 4.69) is 0 Å². The van der Waals surface area contributed by atoms with E-state index in [1.807, 2.05) is 17.5 Å². The van der Waals surface area contributed by atoms with Crippen molar-refractivity contribution in [2.24, 2.45) is 0 Å². The van der Waals surface area contributed by atoms with E-state index < -0.39 is 11.9 Å². The zero-order chi connectivity index (χ0) is 15.0. The molecular formula is C14H10O5S2. The summed E-state index contributed by atoms with van der Waals surface area (Å²) in [6.07, 6.45) is 0. The van der Waals surface area contributed by atoms with E-state index in [-0.39, 0.29) is 5.76 Å². The maximum Gasteiger partial charge on any atom is 0.374 e. The number of furan rings is 1. The molecule has 0 aromatic carbocycles. The first-order valence-corrected chi connectivity index (χ1v) is 7.62. The Morgan fingerprint density at radius 3 is 2.57 bits per heavy atom. The maximum absolute atomic E-state index is 11.9. The Hall–Kier alpha value is -2.12. The lowest BCUT2D eigenvalue weighted by Crippen LogP contribution is -2.00. The number of carbonyl (C=O) groups excluding carboxylic acids is 2. The van der Waals surface area contributed by atoms with E-state index in [0.29, 0.717) is 16.0 Å². The minimum absolute atomic E-state index is 0.151. The van der Waals surface area contributed by atoms with Crippen molar-refractivity contribution < 1.29 is 23.5 Å². The number of ether oxygens (including phenoxy) is 2. The van der Waals surface area contributed by atoms with Gasteiger partial charge in [0.05, 0.1) is 24.5 Å². The number of carbonyl (C=O) groups is 2. The van der Waals surface area contributed by atoms with Gasteiger partial charge < -0.3 is 13.9 Å². The Labute approximate surface area is 127 Å². The predicted molar refractivity (Wildman–Crippen MR) is 80.1 cm³/mol. The van der Waals surface area contributed by atoms with Crippen LogP contribution >= 0.6 is 22.7 Å². The summed E-state index contributed by atoms with van der Waals surface area (Å²) in [6, 6.07) is 5.35. The first kappa shape index (κ1) is 13.8. The van der Waals surface area contributed by atoms with Crippen LogP contribution in [0.2, 0.25) is 0 Å².